The molecule has 1 N–H and O–H groups in total. The third kappa shape index (κ3) is 7.71. The van der Waals surface area contributed by atoms with Crippen molar-refractivity contribution in [3.63, 3.8) is 0 Å². The number of ketones is 1. The fourth-order valence-corrected chi connectivity index (χ4v) is 8.42. The standard InChI is InChI=1S/C38H48Cl2N4O7/c1-5-50-37(47)24-12-14-26(15-13-24)51-38(43-16-8-9-17-43,44-22-33(48-3)34(23-44)49-4)35(45)19-25-18-30(40)31(20-29(25)39)41-36(46)28-21-42(2)32-11-7-6-10-27(28)32/h6-7,10-11,18,20-21,24,26,33-34H,5,8-9,12-17,19,22-23H2,1-4H3,(H,41,46)/t24?,26?,33-,34-,38?/m1/s1. The summed E-state index contributed by atoms with van der Waals surface area (Å²) in [5, 5.41) is 4.30. The van der Waals surface area contributed by atoms with Gasteiger partial charge in [0.15, 0.2) is 5.78 Å². The lowest BCUT2D eigenvalue weighted by Gasteiger charge is -2.48. The Morgan fingerprint density at radius 3 is 2.24 bits per heavy atom. The number of rotatable bonds is 13. The summed E-state index contributed by atoms with van der Waals surface area (Å²) >= 11 is 13.7. The smallest absolute Gasteiger partial charge is 0.308 e. The Morgan fingerprint density at radius 2 is 1.59 bits per heavy atom. The fourth-order valence-electron chi connectivity index (χ4n) is 7.96. The molecule has 0 bridgehead atoms. The Morgan fingerprint density at radius 1 is 0.922 bits per heavy atom. The van der Waals surface area contributed by atoms with Gasteiger partial charge in [0.1, 0.15) is 0 Å². The minimum absolute atomic E-state index is 0.0590. The summed E-state index contributed by atoms with van der Waals surface area (Å²) in [5.41, 5.74) is 2.32. The Bertz CT molecular complexity index is 1720. The first kappa shape index (κ1) is 37.7. The number of aryl methyl sites for hydroxylation is 1. The van der Waals surface area contributed by atoms with E-state index in [9.17, 15) is 9.59 Å². The molecular weight excluding hydrogens is 695 g/mol. The van der Waals surface area contributed by atoms with E-state index in [0.717, 1.165) is 23.7 Å². The number of para-hydroxylation sites is 1. The summed E-state index contributed by atoms with van der Waals surface area (Å²) in [6, 6.07) is 10.9. The second kappa shape index (κ2) is 16.3. The van der Waals surface area contributed by atoms with Crippen LogP contribution in [-0.2, 0) is 42.0 Å². The van der Waals surface area contributed by atoms with Gasteiger partial charge in [-0.25, -0.2) is 0 Å². The van der Waals surface area contributed by atoms with Gasteiger partial charge in [0.05, 0.1) is 47.1 Å². The number of Topliss-reactive ketones (excluding diaryl/α,β-unsaturated/α-hetero) is 1. The zero-order chi connectivity index (χ0) is 36.3. The Hall–Kier alpha value is -3.03. The molecular formula is C38H48Cl2N4O7. The van der Waals surface area contributed by atoms with Crippen LogP contribution >= 0.6 is 23.2 Å². The van der Waals surface area contributed by atoms with Crippen LogP contribution in [0.1, 0.15) is 61.4 Å². The number of fused-ring (bicyclic) bond motifs is 1. The number of likely N-dealkylation sites (tertiary alicyclic amines) is 2. The highest BCUT2D eigenvalue weighted by Crippen LogP contribution is 2.39. The van der Waals surface area contributed by atoms with Crippen LogP contribution in [0.3, 0.4) is 0 Å². The second-order valence-corrected chi connectivity index (χ2v) is 14.6. The highest BCUT2D eigenvalue weighted by Gasteiger charge is 2.56. The van der Waals surface area contributed by atoms with Gasteiger partial charge in [-0.1, -0.05) is 41.4 Å². The number of halogens is 2. The van der Waals surface area contributed by atoms with E-state index in [1.165, 1.54) is 0 Å². The molecule has 2 aliphatic heterocycles. The molecule has 3 atom stereocenters. The van der Waals surface area contributed by atoms with Crippen LogP contribution in [0.25, 0.3) is 10.9 Å². The van der Waals surface area contributed by atoms with Gasteiger partial charge in [0.25, 0.3) is 5.91 Å². The van der Waals surface area contributed by atoms with Crippen LogP contribution in [0.2, 0.25) is 10.0 Å². The van der Waals surface area contributed by atoms with Crippen molar-refractivity contribution in [2.24, 2.45) is 13.0 Å². The monoisotopic (exact) mass is 742 g/mol. The first-order chi connectivity index (χ1) is 24.6. The molecule has 1 saturated carbocycles. The lowest BCUT2D eigenvalue weighted by atomic mass is 9.87. The Kier molecular flexibility index (Phi) is 12.1. The Labute approximate surface area is 309 Å². The van der Waals surface area contributed by atoms with E-state index in [4.69, 9.17) is 42.1 Å². The summed E-state index contributed by atoms with van der Waals surface area (Å²) < 4.78 is 25.9. The molecule has 276 valence electrons. The van der Waals surface area contributed by atoms with E-state index in [1.807, 2.05) is 42.8 Å². The lowest BCUT2D eigenvalue weighted by molar-refractivity contribution is -0.254. The summed E-state index contributed by atoms with van der Waals surface area (Å²) in [6.07, 6.45) is 5.33. The maximum atomic E-state index is 15.0. The molecule has 1 amide bonds. The minimum Gasteiger partial charge on any atom is -0.466 e. The van der Waals surface area contributed by atoms with E-state index >= 15 is 4.79 Å². The normalized spacial score (nSPS) is 24.1. The molecule has 1 unspecified atom stereocenters. The fraction of sp³-hybridized carbons (Fsp3) is 0.553. The molecule has 3 aliphatic rings. The third-order valence-corrected chi connectivity index (χ3v) is 11.3. The number of methoxy groups -OCH3 is 2. The first-order valence-corrected chi connectivity index (χ1v) is 18.6. The number of carbonyl (C=O) groups is 3. The van der Waals surface area contributed by atoms with Crippen molar-refractivity contribution in [1.29, 1.82) is 0 Å². The number of aromatic nitrogens is 1. The average Bonchev–Trinajstić information content (AvgIpc) is 3.89. The highest BCUT2D eigenvalue weighted by molar-refractivity contribution is 6.36. The number of amides is 1. The minimum atomic E-state index is -1.42. The van der Waals surface area contributed by atoms with E-state index in [2.05, 4.69) is 15.1 Å². The van der Waals surface area contributed by atoms with Crippen molar-refractivity contribution in [2.75, 3.05) is 52.3 Å². The predicted molar refractivity (Wildman–Crippen MR) is 196 cm³/mol. The van der Waals surface area contributed by atoms with Crippen molar-refractivity contribution in [3.8, 4) is 0 Å². The molecule has 1 aromatic heterocycles. The summed E-state index contributed by atoms with van der Waals surface area (Å²) in [6.45, 7) is 4.40. The van der Waals surface area contributed by atoms with Crippen LogP contribution in [0.4, 0.5) is 5.69 Å². The number of nitrogens with zero attached hydrogens (tertiary/aromatic N) is 3. The van der Waals surface area contributed by atoms with Gasteiger partial charge in [-0.15, -0.1) is 0 Å². The number of benzene rings is 2. The van der Waals surface area contributed by atoms with Gasteiger partial charge in [-0.2, -0.15) is 0 Å². The van der Waals surface area contributed by atoms with Crippen molar-refractivity contribution < 1.29 is 33.3 Å². The van der Waals surface area contributed by atoms with Crippen LogP contribution in [0.5, 0.6) is 0 Å². The molecule has 11 nitrogen and oxygen atoms in total. The summed E-state index contributed by atoms with van der Waals surface area (Å²) in [5.74, 6) is -2.26. The molecule has 6 rings (SSSR count). The first-order valence-electron chi connectivity index (χ1n) is 17.9. The topological polar surface area (TPSA) is 112 Å². The van der Waals surface area contributed by atoms with Gasteiger partial charge in [0, 0.05) is 76.0 Å². The van der Waals surface area contributed by atoms with E-state index in [0.29, 0.717) is 80.3 Å². The summed E-state index contributed by atoms with van der Waals surface area (Å²) in [7, 11) is 5.20. The second-order valence-electron chi connectivity index (χ2n) is 13.7. The van der Waals surface area contributed by atoms with Gasteiger partial charge in [-0.05, 0) is 69.2 Å². The van der Waals surface area contributed by atoms with Gasteiger partial charge < -0.3 is 28.8 Å². The number of esters is 1. The van der Waals surface area contributed by atoms with E-state index in [-0.39, 0.29) is 53.3 Å². The van der Waals surface area contributed by atoms with Gasteiger partial charge in [0.2, 0.25) is 5.85 Å². The van der Waals surface area contributed by atoms with Crippen molar-refractivity contribution >= 4 is 57.5 Å². The van der Waals surface area contributed by atoms with Gasteiger partial charge >= 0.3 is 5.97 Å². The quantitative estimate of drug-likeness (QED) is 0.208. The molecule has 3 heterocycles. The molecule has 2 aromatic carbocycles. The zero-order valence-electron chi connectivity index (χ0n) is 29.8. The third-order valence-electron chi connectivity index (χ3n) is 10.6. The predicted octanol–water partition coefficient (Wildman–Crippen LogP) is 6.08. The van der Waals surface area contributed by atoms with Crippen molar-refractivity contribution in [2.45, 2.75) is 76.0 Å². The number of carbonyl (C=O) groups excluding carboxylic acids is 3. The molecule has 3 fully saturated rings. The maximum absolute atomic E-state index is 15.0. The van der Waals surface area contributed by atoms with Crippen LogP contribution < -0.4 is 5.32 Å². The highest BCUT2D eigenvalue weighted by atomic mass is 35.5. The molecule has 2 saturated heterocycles. The lowest BCUT2D eigenvalue weighted by Crippen LogP contribution is -2.67. The van der Waals surface area contributed by atoms with Crippen LogP contribution in [-0.4, -0.2) is 103 Å². The Balaban J connectivity index is 1.28. The number of ether oxygens (including phenoxy) is 4. The number of hydrogen-bond donors (Lipinski definition) is 1. The molecule has 13 heteroatoms. The SMILES string of the molecule is CCOC(=O)C1CCC(OC(C(=O)Cc2cc(Cl)c(NC(=O)c3cn(C)c4ccccc34)cc2Cl)(N2CCCC2)N2C[C@@H](OC)[C@H](OC)C2)CC1. The van der Waals surface area contributed by atoms with Crippen molar-refractivity contribution in [3.05, 3.63) is 63.8 Å². The van der Waals surface area contributed by atoms with Crippen molar-refractivity contribution in [1.82, 2.24) is 14.4 Å². The number of nitrogens with one attached hydrogen (secondary N) is 1. The van der Waals surface area contributed by atoms with E-state index < -0.39 is 5.85 Å². The molecule has 3 aromatic rings. The van der Waals surface area contributed by atoms with E-state index in [1.54, 1.807) is 32.5 Å². The number of hydrogen-bond acceptors (Lipinski definition) is 9. The molecule has 51 heavy (non-hydrogen) atoms. The van der Waals surface area contributed by atoms with Crippen LogP contribution in [0.15, 0.2) is 42.6 Å². The molecule has 1 aliphatic carbocycles. The molecule has 0 radical (unpaired) electrons. The van der Waals surface area contributed by atoms with Gasteiger partial charge in [-0.3, -0.25) is 24.2 Å². The zero-order valence-corrected chi connectivity index (χ0v) is 31.3. The summed E-state index contributed by atoms with van der Waals surface area (Å²) in [4.78, 5) is 45.2. The maximum Gasteiger partial charge on any atom is 0.308 e. The molecule has 0 spiro atoms. The largest absolute Gasteiger partial charge is 0.466 e. The average molecular weight is 744 g/mol. The number of anilines is 1. The van der Waals surface area contributed by atoms with Crippen LogP contribution in [0, 0.1) is 5.92 Å².